The van der Waals surface area contributed by atoms with E-state index in [1.807, 2.05) is 0 Å². The predicted molar refractivity (Wildman–Crippen MR) is 205 cm³/mol. The van der Waals surface area contributed by atoms with Crippen molar-refractivity contribution in [1.82, 2.24) is 0 Å². The van der Waals surface area contributed by atoms with Gasteiger partial charge in [0.05, 0.1) is 19.8 Å². The molecule has 11 heteroatoms. The van der Waals surface area contributed by atoms with Crippen molar-refractivity contribution < 1.29 is 47.8 Å². The molecule has 0 fully saturated rings. The molecule has 0 saturated heterocycles. The number of aliphatic hydroxyl groups excluding tert-OH is 2. The van der Waals surface area contributed by atoms with Crippen LogP contribution >= 0.6 is 7.82 Å². The number of allylic oxidation sites excluding steroid dienone is 6. The summed E-state index contributed by atoms with van der Waals surface area (Å²) in [4.78, 5) is 34.8. The quantitative estimate of drug-likeness (QED) is 0.0243. The molecule has 3 N–H and O–H groups in total. The van der Waals surface area contributed by atoms with E-state index in [0.29, 0.717) is 12.8 Å². The van der Waals surface area contributed by atoms with Gasteiger partial charge in [-0.15, -0.1) is 0 Å². The number of carbonyl (C=O) groups excluding carboxylic acids is 2. The number of hydrogen-bond donors (Lipinski definition) is 3. The smallest absolute Gasteiger partial charge is 0.462 e. The van der Waals surface area contributed by atoms with Crippen molar-refractivity contribution in [2.45, 2.75) is 180 Å². The molecule has 0 aromatic heterocycles. The van der Waals surface area contributed by atoms with Gasteiger partial charge >= 0.3 is 19.8 Å². The first-order chi connectivity index (χ1) is 24.7. The predicted octanol–water partition coefficient (Wildman–Crippen LogP) is 10.00. The van der Waals surface area contributed by atoms with Crippen LogP contribution in [0.4, 0.5) is 0 Å². The van der Waals surface area contributed by atoms with Crippen LogP contribution in [0.3, 0.4) is 0 Å². The Balaban J connectivity index is 4.39. The first kappa shape index (κ1) is 49.2. The topological polar surface area (TPSA) is 149 Å². The fourth-order valence-corrected chi connectivity index (χ4v) is 5.92. The molecule has 0 saturated carbocycles. The van der Waals surface area contributed by atoms with Crippen LogP contribution in [0.15, 0.2) is 36.5 Å². The van der Waals surface area contributed by atoms with Gasteiger partial charge < -0.3 is 24.6 Å². The minimum Gasteiger partial charge on any atom is -0.462 e. The van der Waals surface area contributed by atoms with E-state index in [9.17, 15) is 24.2 Å². The zero-order chi connectivity index (χ0) is 37.7. The third kappa shape index (κ3) is 36.3. The average Bonchev–Trinajstić information content (AvgIpc) is 3.12. The molecule has 3 atom stereocenters. The van der Waals surface area contributed by atoms with Crippen LogP contribution in [0, 0.1) is 0 Å². The normalized spacial score (nSPS) is 14.4. The number of phosphoric ester groups is 1. The number of esters is 2. The number of phosphoric acid groups is 1. The van der Waals surface area contributed by atoms with Crippen LogP contribution in [-0.2, 0) is 32.7 Å². The second-order valence-corrected chi connectivity index (χ2v) is 14.8. The lowest BCUT2D eigenvalue weighted by Gasteiger charge is -2.20. The molecule has 0 radical (unpaired) electrons. The van der Waals surface area contributed by atoms with Crippen molar-refractivity contribution in [2.24, 2.45) is 0 Å². The fourth-order valence-electron chi connectivity index (χ4n) is 5.13. The molecular weight excluding hydrogens is 671 g/mol. The summed E-state index contributed by atoms with van der Waals surface area (Å²) in [5.74, 6) is -0.961. The lowest BCUT2D eigenvalue weighted by molar-refractivity contribution is -0.161. The Morgan fingerprint density at radius 1 is 0.588 bits per heavy atom. The monoisotopic (exact) mass is 744 g/mol. The van der Waals surface area contributed by atoms with E-state index in [1.165, 1.54) is 57.8 Å². The maximum Gasteiger partial charge on any atom is 0.472 e. The minimum absolute atomic E-state index is 0.161. The first-order valence-corrected chi connectivity index (χ1v) is 21.4. The highest BCUT2D eigenvalue weighted by atomic mass is 31.2. The summed E-state index contributed by atoms with van der Waals surface area (Å²) in [5, 5.41) is 18.3. The van der Waals surface area contributed by atoms with Crippen molar-refractivity contribution in [3.8, 4) is 0 Å². The molecule has 0 heterocycles. The molecule has 0 aromatic carbocycles. The van der Waals surface area contributed by atoms with Gasteiger partial charge in [-0.2, -0.15) is 0 Å². The first-order valence-electron chi connectivity index (χ1n) is 19.9. The van der Waals surface area contributed by atoms with Crippen LogP contribution in [0.5, 0.6) is 0 Å². The molecule has 10 nitrogen and oxygen atoms in total. The van der Waals surface area contributed by atoms with E-state index in [1.54, 1.807) is 0 Å². The summed E-state index contributed by atoms with van der Waals surface area (Å²) < 4.78 is 32.6. The molecule has 0 bridgehead atoms. The summed E-state index contributed by atoms with van der Waals surface area (Å²) in [6.07, 6.45) is 35.4. The Kier molecular flexibility index (Phi) is 35.2. The minimum atomic E-state index is -4.62. The molecule has 298 valence electrons. The summed E-state index contributed by atoms with van der Waals surface area (Å²) in [7, 11) is -4.62. The van der Waals surface area contributed by atoms with Crippen molar-refractivity contribution in [1.29, 1.82) is 0 Å². The van der Waals surface area contributed by atoms with Gasteiger partial charge in [0, 0.05) is 12.8 Å². The molecule has 51 heavy (non-hydrogen) atoms. The molecule has 0 aliphatic heterocycles. The van der Waals surface area contributed by atoms with E-state index in [0.717, 1.165) is 70.6 Å². The third-order valence-corrected chi connectivity index (χ3v) is 9.22. The highest BCUT2D eigenvalue weighted by Crippen LogP contribution is 2.43. The van der Waals surface area contributed by atoms with E-state index < -0.39 is 51.8 Å². The van der Waals surface area contributed by atoms with Crippen LogP contribution < -0.4 is 0 Å². The lowest BCUT2D eigenvalue weighted by atomic mass is 10.1. The third-order valence-electron chi connectivity index (χ3n) is 8.27. The van der Waals surface area contributed by atoms with Crippen LogP contribution in [0.2, 0.25) is 0 Å². The molecule has 0 rings (SSSR count). The molecule has 0 aliphatic rings. The van der Waals surface area contributed by atoms with Gasteiger partial charge in [-0.25, -0.2) is 4.57 Å². The van der Waals surface area contributed by atoms with E-state index in [4.69, 9.17) is 19.1 Å². The number of aliphatic hydroxyl groups is 2. The van der Waals surface area contributed by atoms with Crippen LogP contribution in [0.1, 0.15) is 168 Å². The number of unbranched alkanes of at least 4 members (excludes halogenated alkanes) is 17. The Hall–Kier alpha value is -1.81. The van der Waals surface area contributed by atoms with Crippen molar-refractivity contribution >= 4 is 19.8 Å². The molecule has 0 amide bonds. The van der Waals surface area contributed by atoms with Gasteiger partial charge in [0.1, 0.15) is 12.7 Å². The highest BCUT2D eigenvalue weighted by molar-refractivity contribution is 7.47. The Labute approximate surface area is 310 Å². The zero-order valence-electron chi connectivity index (χ0n) is 32.1. The zero-order valence-corrected chi connectivity index (χ0v) is 33.0. The standard InChI is InChI=1S/C40H73O10P/c1-3-5-7-9-11-13-15-17-18-20-21-23-25-27-29-31-39(43)47-35-38(36-49-51(45,46)48-34-37(42)33-41)50-40(44)32-30-28-26-24-22-19-16-14-12-10-8-6-4-2/h11,13,17-19,22,37-38,41-42H,3-10,12,14-16,20-21,23-36H2,1-2H3,(H,45,46)/b13-11+,18-17+,22-19+/t37-,38+/m0/s1. The van der Waals surface area contributed by atoms with Crippen LogP contribution in [0.25, 0.3) is 0 Å². The van der Waals surface area contributed by atoms with Crippen molar-refractivity contribution in [2.75, 3.05) is 26.4 Å². The van der Waals surface area contributed by atoms with E-state index in [2.05, 4.69) is 54.8 Å². The lowest BCUT2D eigenvalue weighted by Crippen LogP contribution is -2.29. The van der Waals surface area contributed by atoms with Crippen LogP contribution in [-0.4, -0.2) is 65.7 Å². The number of rotatable bonds is 37. The SMILES string of the molecule is CCCCC/C=C/C/C=C/CCCCCCCC(=O)OC[C@H](COP(=O)(O)OC[C@@H](O)CO)OC(=O)CCCCC/C=C/CCCCCCCC. The number of ether oxygens (including phenoxy) is 2. The molecule has 0 aromatic rings. The second-order valence-electron chi connectivity index (χ2n) is 13.3. The van der Waals surface area contributed by atoms with Gasteiger partial charge in [-0.05, 0) is 70.6 Å². The van der Waals surface area contributed by atoms with Gasteiger partial charge in [-0.1, -0.05) is 121 Å². The molecule has 1 unspecified atom stereocenters. The van der Waals surface area contributed by atoms with Crippen molar-refractivity contribution in [3.63, 3.8) is 0 Å². The Morgan fingerprint density at radius 3 is 1.59 bits per heavy atom. The van der Waals surface area contributed by atoms with Gasteiger partial charge in [0.2, 0.25) is 0 Å². The second kappa shape index (κ2) is 36.5. The highest BCUT2D eigenvalue weighted by Gasteiger charge is 2.27. The molecular formula is C40H73O10P. The van der Waals surface area contributed by atoms with Crippen molar-refractivity contribution in [3.05, 3.63) is 36.5 Å². The van der Waals surface area contributed by atoms with E-state index in [-0.39, 0.29) is 19.4 Å². The summed E-state index contributed by atoms with van der Waals surface area (Å²) in [6.45, 7) is 2.30. The maximum atomic E-state index is 12.5. The van der Waals surface area contributed by atoms with Gasteiger partial charge in [0.15, 0.2) is 6.10 Å². The molecule has 0 aliphatic carbocycles. The van der Waals surface area contributed by atoms with Gasteiger partial charge in [-0.3, -0.25) is 18.6 Å². The maximum absolute atomic E-state index is 12.5. The Bertz CT molecular complexity index is 952. The van der Waals surface area contributed by atoms with E-state index >= 15 is 0 Å². The fraction of sp³-hybridized carbons (Fsp3) is 0.800. The Morgan fingerprint density at radius 2 is 1.02 bits per heavy atom. The summed E-state index contributed by atoms with van der Waals surface area (Å²) in [5.41, 5.74) is 0. The summed E-state index contributed by atoms with van der Waals surface area (Å²) >= 11 is 0. The largest absolute Gasteiger partial charge is 0.472 e. The number of hydrogen-bond acceptors (Lipinski definition) is 9. The average molecular weight is 745 g/mol. The summed E-state index contributed by atoms with van der Waals surface area (Å²) in [6, 6.07) is 0. The molecule has 0 spiro atoms. The van der Waals surface area contributed by atoms with Gasteiger partial charge in [0.25, 0.3) is 0 Å². The number of carbonyl (C=O) groups is 2.